The van der Waals surface area contributed by atoms with Gasteiger partial charge in [-0.15, -0.1) is 0 Å². The normalized spacial score (nSPS) is 17.9. The van der Waals surface area contributed by atoms with E-state index in [2.05, 4.69) is 113 Å². The zero-order chi connectivity index (χ0) is 26.5. The Morgan fingerprint density at radius 1 is 0.711 bits per heavy atom. The molecule has 0 aliphatic carbocycles. The molecule has 38 heavy (non-hydrogen) atoms. The van der Waals surface area contributed by atoms with Gasteiger partial charge in [0.15, 0.2) is 0 Å². The van der Waals surface area contributed by atoms with Crippen LogP contribution < -0.4 is 15.9 Å². The van der Waals surface area contributed by atoms with Gasteiger partial charge < -0.3 is 0 Å². The van der Waals surface area contributed by atoms with Crippen molar-refractivity contribution in [2.45, 2.75) is 96.1 Å². The molecule has 1 heterocycles. The van der Waals surface area contributed by atoms with Gasteiger partial charge in [-0.25, -0.2) is 0 Å². The Morgan fingerprint density at radius 3 is 1.63 bits per heavy atom. The molecule has 1 fully saturated rings. The molecule has 3 aromatic carbocycles. The average molecular weight is 598 g/mol. The van der Waals surface area contributed by atoms with Crippen LogP contribution in [-0.2, 0) is 9.47 Å². The fourth-order valence-corrected chi connectivity index (χ4v) is 14.2. The van der Waals surface area contributed by atoms with Crippen molar-refractivity contribution in [2.24, 2.45) is 0 Å². The number of hydrogen-bond acceptors (Lipinski definition) is 2. The van der Waals surface area contributed by atoms with Gasteiger partial charge in [0.2, 0.25) is 0 Å². The van der Waals surface area contributed by atoms with Gasteiger partial charge >= 0.3 is 240 Å². The Hall–Kier alpha value is -1.51. The van der Waals surface area contributed by atoms with Crippen LogP contribution >= 0.6 is 20.8 Å². The summed E-state index contributed by atoms with van der Waals surface area (Å²) in [5, 5.41) is 0.706. The molecule has 0 bridgehead atoms. The first-order chi connectivity index (χ1) is 18.7. The van der Waals surface area contributed by atoms with Gasteiger partial charge in [-0.3, -0.25) is 0 Å². The van der Waals surface area contributed by atoms with Crippen LogP contribution in [0.15, 0.2) is 91.0 Å². The van der Waals surface area contributed by atoms with Crippen LogP contribution in [0.25, 0.3) is 0 Å². The molecule has 2 atom stereocenters. The molecule has 0 amide bonds. The molecule has 4 rings (SSSR count). The van der Waals surface area contributed by atoms with Crippen LogP contribution in [0.5, 0.6) is 0 Å². The zero-order valence-electron chi connectivity index (χ0n) is 23.1. The molecule has 0 N–H and O–H groups in total. The number of hydrogen-bond donors (Lipinski definition) is 0. The fraction of sp³-hybridized carbons (Fsp3) is 0.471. The number of ether oxygens (including phenoxy) is 2. The van der Waals surface area contributed by atoms with Gasteiger partial charge in [0.25, 0.3) is 0 Å². The van der Waals surface area contributed by atoms with Gasteiger partial charge in [-0.2, -0.15) is 0 Å². The second-order valence-corrected chi connectivity index (χ2v) is 19.4. The van der Waals surface area contributed by atoms with E-state index in [1.807, 2.05) is 0 Å². The molecule has 0 saturated carbocycles. The first-order valence-corrected chi connectivity index (χ1v) is 19.2. The first kappa shape index (κ1) is 29.5. The predicted molar refractivity (Wildman–Crippen MR) is 170 cm³/mol. The van der Waals surface area contributed by atoms with E-state index in [9.17, 15) is 0 Å². The van der Waals surface area contributed by atoms with Crippen molar-refractivity contribution in [1.82, 2.24) is 0 Å². The van der Waals surface area contributed by atoms with Gasteiger partial charge in [0, 0.05) is 0 Å². The fourth-order valence-electron chi connectivity index (χ4n) is 5.98. The Balaban J connectivity index is 1.75. The molecule has 1 aliphatic heterocycles. The van der Waals surface area contributed by atoms with E-state index in [0.29, 0.717) is 0 Å². The number of halogens is 1. The van der Waals surface area contributed by atoms with Crippen molar-refractivity contribution in [3.63, 3.8) is 0 Å². The van der Waals surface area contributed by atoms with E-state index >= 15 is 0 Å². The molecule has 2 nitrogen and oxygen atoms in total. The van der Waals surface area contributed by atoms with Crippen LogP contribution in [0.4, 0.5) is 0 Å². The van der Waals surface area contributed by atoms with E-state index in [1.54, 1.807) is 0 Å². The van der Waals surface area contributed by atoms with Crippen LogP contribution in [0.3, 0.4) is 0 Å². The summed E-state index contributed by atoms with van der Waals surface area (Å²) in [5.74, 6) is -0.0311. The van der Waals surface area contributed by atoms with Gasteiger partial charge in [-0.05, 0) is 0 Å². The Bertz CT molecular complexity index is 954. The molecule has 2 unspecified atom stereocenters. The van der Waals surface area contributed by atoms with Gasteiger partial charge in [0.1, 0.15) is 0 Å². The number of unbranched alkanes of at least 4 members (excludes halogenated alkanes) is 7. The molecule has 4 heteroatoms. The quantitative estimate of drug-likeness (QED) is 0.128. The summed E-state index contributed by atoms with van der Waals surface area (Å²) >= 11 is 4.67. The van der Waals surface area contributed by atoms with Crippen LogP contribution in [0, 0.1) is 0 Å². The topological polar surface area (TPSA) is 18.5 Å². The molecule has 0 radical (unpaired) electrons. The molecular weight excluding hydrogens is 551 g/mol. The van der Waals surface area contributed by atoms with Crippen molar-refractivity contribution in [3.05, 3.63) is 91.0 Å². The van der Waals surface area contributed by atoms with Crippen molar-refractivity contribution in [2.75, 3.05) is 6.61 Å². The predicted octanol–water partition coefficient (Wildman–Crippen LogP) is 9.23. The first-order valence-electron chi connectivity index (χ1n) is 14.8. The van der Waals surface area contributed by atoms with E-state index in [4.69, 9.17) is 9.47 Å². The Kier molecular flexibility index (Phi) is 11.4. The SMILES string of the molecule is CCCCCCCCCCC(OC1CCCCO1)P(Br)(c1ccccc1)(c1ccccc1)c1ccccc1. The third-order valence-corrected chi connectivity index (χ3v) is 18.5. The molecule has 0 aromatic heterocycles. The van der Waals surface area contributed by atoms with Gasteiger partial charge in [0.05, 0.1) is 0 Å². The van der Waals surface area contributed by atoms with Crippen molar-refractivity contribution in [3.8, 4) is 0 Å². The second-order valence-electron chi connectivity index (χ2n) is 10.7. The summed E-state index contributed by atoms with van der Waals surface area (Å²) in [6, 6.07) is 33.2. The van der Waals surface area contributed by atoms with Gasteiger partial charge in [-0.1, -0.05) is 0 Å². The van der Waals surface area contributed by atoms with Crippen LogP contribution in [0.1, 0.15) is 84.0 Å². The van der Waals surface area contributed by atoms with Crippen molar-refractivity contribution >= 4 is 36.7 Å². The molecule has 0 spiro atoms. The minimum absolute atomic E-state index is 0.0311. The van der Waals surface area contributed by atoms with Crippen LogP contribution in [0.2, 0.25) is 0 Å². The van der Waals surface area contributed by atoms with Crippen molar-refractivity contribution < 1.29 is 9.47 Å². The summed E-state index contributed by atoms with van der Waals surface area (Å²) in [7, 11) is 0. The third kappa shape index (κ3) is 6.61. The van der Waals surface area contributed by atoms with E-state index < -0.39 is 5.31 Å². The summed E-state index contributed by atoms with van der Waals surface area (Å²) in [4.78, 5) is 0. The summed E-state index contributed by atoms with van der Waals surface area (Å²) in [6.07, 6.45) is 14.5. The second kappa shape index (κ2) is 14.8. The maximum atomic E-state index is 7.17. The third-order valence-electron chi connectivity index (χ3n) is 8.08. The zero-order valence-corrected chi connectivity index (χ0v) is 25.6. The van der Waals surface area contributed by atoms with E-state index in [0.717, 1.165) is 38.7 Å². The molecule has 1 aliphatic rings. The van der Waals surface area contributed by atoms with Crippen LogP contribution in [-0.4, -0.2) is 18.7 Å². The number of rotatable bonds is 15. The Morgan fingerprint density at radius 2 is 1.18 bits per heavy atom. The number of benzene rings is 3. The summed E-state index contributed by atoms with van der Waals surface area (Å²) in [6.45, 7) is 3.07. The van der Waals surface area contributed by atoms with E-state index in [-0.39, 0.29) is 12.1 Å². The summed E-state index contributed by atoms with van der Waals surface area (Å²) < 4.78 is 13.4. The molecule has 3 aromatic rings. The molecule has 1 saturated heterocycles. The minimum atomic E-state index is -3.24. The molecular formula is C34H46BrO2P. The average Bonchev–Trinajstić information content (AvgIpc) is 2.99. The monoisotopic (exact) mass is 596 g/mol. The standard InChI is InChI=1S/C34H46BrO2P/c1-2-3-4-5-6-7-8-18-28-34(37-33-27-19-20-29-36-33)38(35,30-21-12-9-13-22-30,31-23-14-10-15-24-31)32-25-16-11-17-26-32/h9-17,21-26,33-34H,2-8,18-20,27-29H2,1H3. The van der Waals surface area contributed by atoms with E-state index in [1.165, 1.54) is 60.9 Å². The molecule has 206 valence electrons. The maximum absolute atomic E-state index is 7.17. The Labute approximate surface area is 239 Å². The summed E-state index contributed by atoms with van der Waals surface area (Å²) in [5.41, 5.74) is 0. The van der Waals surface area contributed by atoms with Crippen molar-refractivity contribution in [1.29, 1.82) is 0 Å².